The molecule has 0 bridgehead atoms. The van der Waals surface area contributed by atoms with Crippen LogP contribution in [0.2, 0.25) is 0 Å². The van der Waals surface area contributed by atoms with Gasteiger partial charge in [0.2, 0.25) is 0 Å². The molecule has 0 aromatic heterocycles. The van der Waals surface area contributed by atoms with E-state index in [2.05, 4.69) is 11.9 Å². The number of allylic oxidation sites excluding steroid dienone is 1. The molecule has 1 unspecified atom stereocenters. The van der Waals surface area contributed by atoms with Gasteiger partial charge in [0.15, 0.2) is 5.60 Å². The quantitative estimate of drug-likeness (QED) is 0.625. The van der Waals surface area contributed by atoms with Crippen molar-refractivity contribution in [2.24, 2.45) is 0 Å². The number of benzene rings is 1. The summed E-state index contributed by atoms with van der Waals surface area (Å²) in [6.07, 6.45) is 3.64. The monoisotopic (exact) mass is 231 g/mol. The first-order chi connectivity index (χ1) is 8.18. The third kappa shape index (κ3) is 2.11. The first-order valence-corrected chi connectivity index (χ1v) is 5.84. The zero-order valence-electron chi connectivity index (χ0n) is 10.0. The van der Waals surface area contributed by atoms with Gasteiger partial charge in [-0.15, -0.1) is 6.58 Å². The summed E-state index contributed by atoms with van der Waals surface area (Å²) in [6, 6.07) is 7.65. The summed E-state index contributed by atoms with van der Waals surface area (Å²) in [4.78, 5) is 12.0. The van der Waals surface area contributed by atoms with Gasteiger partial charge >= 0.3 is 0 Å². The Balaban J connectivity index is 2.13. The van der Waals surface area contributed by atoms with Crippen molar-refractivity contribution in [1.29, 1.82) is 0 Å². The summed E-state index contributed by atoms with van der Waals surface area (Å²) in [7, 11) is 0. The Morgan fingerprint density at radius 1 is 1.47 bits per heavy atom. The molecule has 0 saturated heterocycles. The minimum absolute atomic E-state index is 0.0858. The zero-order chi connectivity index (χ0) is 12.3. The third-order valence-corrected chi connectivity index (χ3v) is 3.07. The number of carbonyl (C=O) groups is 1. The van der Waals surface area contributed by atoms with Crippen LogP contribution in [-0.4, -0.2) is 12.5 Å². The number of unbranched alkanes of at least 4 members (excludes halogenated alkanes) is 1. The molecule has 3 heteroatoms. The molecule has 1 aromatic rings. The topological polar surface area (TPSA) is 38.3 Å². The molecule has 1 heterocycles. The summed E-state index contributed by atoms with van der Waals surface area (Å²) in [5.41, 5.74) is 0.921. The number of nitrogens with one attached hydrogen (secondary N) is 1. The van der Waals surface area contributed by atoms with E-state index in [0.29, 0.717) is 6.61 Å². The van der Waals surface area contributed by atoms with Crippen LogP contribution in [0.5, 0.6) is 0 Å². The molecule has 1 aromatic carbocycles. The Hall–Kier alpha value is -1.61. The number of hydrogen-bond donors (Lipinski definition) is 1. The second-order valence-electron chi connectivity index (χ2n) is 4.31. The average molecular weight is 231 g/mol. The lowest BCUT2D eigenvalue weighted by atomic mass is 9.97. The fourth-order valence-corrected chi connectivity index (χ4v) is 2.02. The summed E-state index contributed by atoms with van der Waals surface area (Å²) in [5, 5.41) is 2.84. The Bertz CT molecular complexity index is 442. The van der Waals surface area contributed by atoms with Crippen molar-refractivity contribution < 1.29 is 9.53 Å². The Morgan fingerprint density at radius 3 is 3.00 bits per heavy atom. The van der Waals surface area contributed by atoms with E-state index < -0.39 is 5.60 Å². The molecule has 1 atom stereocenters. The van der Waals surface area contributed by atoms with Crippen LogP contribution < -0.4 is 5.32 Å². The number of fused-ring (bicyclic) bond motifs is 1. The lowest BCUT2D eigenvalue weighted by Crippen LogP contribution is -2.34. The highest BCUT2D eigenvalue weighted by Crippen LogP contribution is 2.38. The second-order valence-corrected chi connectivity index (χ2v) is 4.31. The average Bonchev–Trinajstić information content (AvgIpc) is 2.59. The number of anilines is 1. The maximum absolute atomic E-state index is 12.0. The molecule has 17 heavy (non-hydrogen) atoms. The lowest BCUT2D eigenvalue weighted by molar-refractivity contribution is -0.139. The van der Waals surface area contributed by atoms with Crippen LogP contribution in [0.25, 0.3) is 0 Å². The highest BCUT2D eigenvalue weighted by molar-refractivity contribution is 6.04. The second kappa shape index (κ2) is 4.72. The van der Waals surface area contributed by atoms with Gasteiger partial charge in [-0.25, -0.2) is 0 Å². The van der Waals surface area contributed by atoms with Gasteiger partial charge in [-0.1, -0.05) is 24.3 Å². The van der Waals surface area contributed by atoms with E-state index >= 15 is 0 Å². The van der Waals surface area contributed by atoms with Gasteiger partial charge in [-0.2, -0.15) is 0 Å². The van der Waals surface area contributed by atoms with Gasteiger partial charge in [0, 0.05) is 17.9 Å². The summed E-state index contributed by atoms with van der Waals surface area (Å²) >= 11 is 0. The molecule has 0 spiro atoms. The molecule has 0 radical (unpaired) electrons. The van der Waals surface area contributed by atoms with E-state index in [1.54, 1.807) is 0 Å². The molecule has 1 N–H and O–H groups in total. The minimum atomic E-state index is -0.849. The molecule has 1 aliphatic rings. The molecular weight excluding hydrogens is 214 g/mol. The summed E-state index contributed by atoms with van der Waals surface area (Å²) in [5.74, 6) is -0.0858. The van der Waals surface area contributed by atoms with Crippen molar-refractivity contribution in [3.8, 4) is 0 Å². The van der Waals surface area contributed by atoms with E-state index in [-0.39, 0.29) is 5.91 Å². The van der Waals surface area contributed by atoms with Crippen molar-refractivity contribution in [3.63, 3.8) is 0 Å². The summed E-state index contributed by atoms with van der Waals surface area (Å²) in [6.45, 7) is 6.04. The third-order valence-electron chi connectivity index (χ3n) is 3.07. The number of rotatable bonds is 5. The standard InChI is InChI=1S/C14H17NO2/c1-3-4-7-10-17-14(2)11-8-5-6-9-12(11)15-13(14)16/h3,5-6,8-9H,1,4,7,10H2,2H3,(H,15,16). The van der Waals surface area contributed by atoms with E-state index in [1.165, 1.54) is 0 Å². The van der Waals surface area contributed by atoms with E-state index in [1.807, 2.05) is 37.3 Å². The molecule has 3 nitrogen and oxygen atoms in total. The maximum atomic E-state index is 12.0. The Labute approximate surface area is 101 Å². The minimum Gasteiger partial charge on any atom is -0.361 e. The fourth-order valence-electron chi connectivity index (χ4n) is 2.02. The Kier molecular flexibility index (Phi) is 3.29. The van der Waals surface area contributed by atoms with Crippen LogP contribution in [0.4, 0.5) is 5.69 Å². The SMILES string of the molecule is C=CCCCOC1(C)C(=O)Nc2ccccc21. The van der Waals surface area contributed by atoms with Crippen molar-refractivity contribution in [2.45, 2.75) is 25.4 Å². The van der Waals surface area contributed by atoms with Crippen LogP contribution in [0, 0.1) is 0 Å². The smallest absolute Gasteiger partial charge is 0.261 e. The fraction of sp³-hybridized carbons (Fsp3) is 0.357. The number of carbonyl (C=O) groups excluding carboxylic acids is 1. The normalized spacial score (nSPS) is 22.1. The predicted octanol–water partition coefficient (Wildman–Crippen LogP) is 2.84. The van der Waals surface area contributed by atoms with Crippen molar-refractivity contribution >= 4 is 11.6 Å². The van der Waals surface area contributed by atoms with Gasteiger partial charge in [0.1, 0.15) is 0 Å². The van der Waals surface area contributed by atoms with E-state index in [9.17, 15) is 4.79 Å². The highest BCUT2D eigenvalue weighted by Gasteiger charge is 2.43. The number of amides is 1. The molecule has 90 valence electrons. The van der Waals surface area contributed by atoms with Crippen molar-refractivity contribution in [1.82, 2.24) is 0 Å². The van der Waals surface area contributed by atoms with Crippen LogP contribution in [0.1, 0.15) is 25.3 Å². The molecule has 0 saturated carbocycles. The molecule has 0 aliphatic carbocycles. The van der Waals surface area contributed by atoms with Crippen molar-refractivity contribution in [2.75, 3.05) is 11.9 Å². The van der Waals surface area contributed by atoms with Crippen LogP contribution >= 0.6 is 0 Å². The van der Waals surface area contributed by atoms with Gasteiger partial charge < -0.3 is 10.1 Å². The molecule has 1 amide bonds. The van der Waals surface area contributed by atoms with Crippen LogP contribution in [0.15, 0.2) is 36.9 Å². The van der Waals surface area contributed by atoms with Crippen molar-refractivity contribution in [3.05, 3.63) is 42.5 Å². The molecule has 0 fully saturated rings. The highest BCUT2D eigenvalue weighted by atomic mass is 16.5. The number of para-hydroxylation sites is 1. The predicted molar refractivity (Wildman–Crippen MR) is 67.8 cm³/mol. The largest absolute Gasteiger partial charge is 0.361 e. The molecule has 2 rings (SSSR count). The van der Waals surface area contributed by atoms with Crippen LogP contribution in [-0.2, 0) is 15.1 Å². The van der Waals surface area contributed by atoms with E-state index in [4.69, 9.17) is 4.74 Å². The van der Waals surface area contributed by atoms with Gasteiger partial charge in [0.25, 0.3) is 5.91 Å². The Morgan fingerprint density at radius 2 is 2.24 bits per heavy atom. The zero-order valence-corrected chi connectivity index (χ0v) is 10.0. The van der Waals surface area contributed by atoms with Gasteiger partial charge in [-0.05, 0) is 25.8 Å². The van der Waals surface area contributed by atoms with E-state index in [0.717, 1.165) is 24.1 Å². The number of ether oxygens (including phenoxy) is 1. The first kappa shape index (κ1) is 11.9. The first-order valence-electron chi connectivity index (χ1n) is 5.84. The van der Waals surface area contributed by atoms with Gasteiger partial charge in [-0.3, -0.25) is 4.79 Å². The lowest BCUT2D eigenvalue weighted by Gasteiger charge is -2.22. The molecule has 1 aliphatic heterocycles. The number of hydrogen-bond acceptors (Lipinski definition) is 2. The van der Waals surface area contributed by atoms with Crippen LogP contribution in [0.3, 0.4) is 0 Å². The van der Waals surface area contributed by atoms with Gasteiger partial charge in [0.05, 0.1) is 0 Å². The molecular formula is C14H17NO2. The summed E-state index contributed by atoms with van der Waals surface area (Å²) < 4.78 is 5.77. The maximum Gasteiger partial charge on any atom is 0.261 e.